The fraction of sp³-hybridized carbons (Fsp3) is 0.281. The number of carbonyl (C=O) groups is 2. The van der Waals surface area contributed by atoms with Crippen molar-refractivity contribution in [2.45, 2.75) is 58.2 Å². The summed E-state index contributed by atoms with van der Waals surface area (Å²) in [6.07, 6.45) is 3.87. The summed E-state index contributed by atoms with van der Waals surface area (Å²) in [5.74, 6) is -0.603. The third kappa shape index (κ3) is 6.35. The Hall–Kier alpha value is -3.82. The average molecular weight is 524 g/mol. The molecule has 0 spiro atoms. The van der Waals surface area contributed by atoms with Crippen molar-refractivity contribution < 1.29 is 9.59 Å². The molecule has 1 atom stereocenters. The number of amides is 2. The number of hydrogen-bond donors (Lipinski definition) is 1. The lowest BCUT2D eigenvalue weighted by molar-refractivity contribution is -0.117. The van der Waals surface area contributed by atoms with E-state index in [1.54, 1.807) is 4.90 Å². The molecular formula is C32H33N3O2S. The lowest BCUT2D eigenvalue weighted by atomic mass is 10.0. The summed E-state index contributed by atoms with van der Waals surface area (Å²) in [5, 5.41) is 12.9. The molecule has 6 heteroatoms. The van der Waals surface area contributed by atoms with Gasteiger partial charge in [-0.3, -0.25) is 14.5 Å². The second-order valence-electron chi connectivity index (χ2n) is 9.63. The number of unbranched alkanes of at least 4 members (excludes halogenated alkanes) is 1. The number of thioether (sulfide) groups is 1. The van der Waals surface area contributed by atoms with E-state index in [2.05, 4.69) is 42.6 Å². The second kappa shape index (κ2) is 12.6. The van der Waals surface area contributed by atoms with Gasteiger partial charge >= 0.3 is 0 Å². The highest BCUT2D eigenvalue weighted by Crippen LogP contribution is 2.42. The number of rotatable bonds is 9. The van der Waals surface area contributed by atoms with Gasteiger partial charge in [-0.2, -0.15) is 5.26 Å². The van der Waals surface area contributed by atoms with E-state index in [0.717, 1.165) is 41.5 Å². The van der Waals surface area contributed by atoms with E-state index in [0.29, 0.717) is 23.7 Å². The molecule has 5 nitrogen and oxygen atoms in total. The predicted octanol–water partition coefficient (Wildman–Crippen LogP) is 6.39. The molecule has 4 rings (SSSR count). The van der Waals surface area contributed by atoms with Crippen LogP contribution in [0.3, 0.4) is 0 Å². The van der Waals surface area contributed by atoms with Gasteiger partial charge in [0.1, 0.15) is 16.7 Å². The van der Waals surface area contributed by atoms with Crippen molar-refractivity contribution in [1.29, 1.82) is 5.26 Å². The van der Waals surface area contributed by atoms with Gasteiger partial charge in [0.25, 0.3) is 5.91 Å². The van der Waals surface area contributed by atoms with Crippen LogP contribution >= 0.6 is 11.8 Å². The van der Waals surface area contributed by atoms with Gasteiger partial charge in [-0.15, -0.1) is 0 Å². The quantitative estimate of drug-likeness (QED) is 0.261. The van der Waals surface area contributed by atoms with Crippen LogP contribution in [0, 0.1) is 25.2 Å². The molecule has 3 aromatic rings. The Morgan fingerprint density at radius 3 is 2.34 bits per heavy atom. The van der Waals surface area contributed by atoms with Gasteiger partial charge in [-0.25, -0.2) is 0 Å². The topological polar surface area (TPSA) is 73.2 Å². The van der Waals surface area contributed by atoms with Gasteiger partial charge in [0.05, 0.1) is 5.25 Å². The van der Waals surface area contributed by atoms with Gasteiger partial charge in [-0.1, -0.05) is 85.8 Å². The predicted molar refractivity (Wildman–Crippen MR) is 154 cm³/mol. The van der Waals surface area contributed by atoms with Crippen LogP contribution in [0.5, 0.6) is 0 Å². The molecule has 0 aliphatic carbocycles. The van der Waals surface area contributed by atoms with Gasteiger partial charge in [0.15, 0.2) is 0 Å². The standard InChI is InChI=1S/C32H33N3O2S/c1-4-5-9-24-13-15-25(16-14-24)19-29-31(37)35(27-17-12-22(2)23(3)18-27)32(38-29)28(20-33)30(36)34-21-26-10-7-6-8-11-26/h6-8,10-18,29H,4-5,9,19,21H2,1-3H3,(H,34,36)/b32-28-. The van der Waals surface area contributed by atoms with Crippen LogP contribution in [0.15, 0.2) is 83.4 Å². The minimum atomic E-state index is -0.485. The van der Waals surface area contributed by atoms with Gasteiger partial charge in [0.2, 0.25) is 5.91 Å². The van der Waals surface area contributed by atoms with Crippen LogP contribution in [0.4, 0.5) is 5.69 Å². The highest BCUT2D eigenvalue weighted by molar-refractivity contribution is 8.05. The maximum atomic E-state index is 13.8. The molecular weight excluding hydrogens is 490 g/mol. The molecule has 1 heterocycles. The highest BCUT2D eigenvalue weighted by atomic mass is 32.2. The summed E-state index contributed by atoms with van der Waals surface area (Å²) >= 11 is 1.30. The largest absolute Gasteiger partial charge is 0.347 e. The van der Waals surface area contributed by atoms with E-state index in [-0.39, 0.29) is 11.5 Å². The van der Waals surface area contributed by atoms with Crippen molar-refractivity contribution in [2.24, 2.45) is 0 Å². The molecule has 38 heavy (non-hydrogen) atoms. The smallest absolute Gasteiger partial charge is 0.264 e. The molecule has 1 N–H and O–H groups in total. The van der Waals surface area contributed by atoms with Crippen molar-refractivity contribution in [3.63, 3.8) is 0 Å². The maximum absolute atomic E-state index is 13.8. The zero-order chi connectivity index (χ0) is 27.1. The van der Waals surface area contributed by atoms with Crippen LogP contribution in [-0.2, 0) is 29.0 Å². The number of carbonyl (C=O) groups excluding carboxylic acids is 2. The summed E-state index contributed by atoms with van der Waals surface area (Å²) in [4.78, 5) is 28.5. The number of hydrogen-bond acceptors (Lipinski definition) is 4. The molecule has 3 aromatic carbocycles. The molecule has 1 unspecified atom stereocenters. The van der Waals surface area contributed by atoms with Crippen LogP contribution in [0.25, 0.3) is 0 Å². The van der Waals surface area contributed by atoms with Gasteiger partial charge in [-0.05, 0) is 73.1 Å². The van der Waals surface area contributed by atoms with E-state index in [4.69, 9.17) is 0 Å². The molecule has 0 saturated carbocycles. The number of nitrogens with one attached hydrogen (secondary N) is 1. The van der Waals surface area contributed by atoms with E-state index in [9.17, 15) is 14.9 Å². The molecule has 0 aromatic heterocycles. The Bertz CT molecular complexity index is 1370. The summed E-state index contributed by atoms with van der Waals surface area (Å²) < 4.78 is 0. The number of aryl methyl sites for hydroxylation is 3. The lowest BCUT2D eigenvalue weighted by Gasteiger charge is -2.20. The second-order valence-corrected chi connectivity index (χ2v) is 10.8. The number of anilines is 1. The number of nitriles is 1. The van der Waals surface area contributed by atoms with Crippen molar-refractivity contribution in [3.05, 3.63) is 111 Å². The SMILES string of the molecule is CCCCc1ccc(CC2S/C(=C(/C#N)C(=O)NCc3ccccc3)N(c3ccc(C)c(C)c3)C2=O)cc1. The minimum Gasteiger partial charge on any atom is -0.347 e. The third-order valence-corrected chi connectivity index (χ3v) is 8.08. The number of benzene rings is 3. The molecule has 0 radical (unpaired) electrons. The van der Waals surface area contributed by atoms with Crippen molar-refractivity contribution in [2.75, 3.05) is 4.90 Å². The fourth-order valence-electron chi connectivity index (χ4n) is 4.39. The van der Waals surface area contributed by atoms with Gasteiger partial charge in [0, 0.05) is 12.2 Å². The maximum Gasteiger partial charge on any atom is 0.264 e. The minimum absolute atomic E-state index is 0.0464. The van der Waals surface area contributed by atoms with E-state index >= 15 is 0 Å². The molecule has 1 saturated heterocycles. The monoisotopic (exact) mass is 523 g/mol. The van der Waals surface area contributed by atoms with Crippen LogP contribution in [0.2, 0.25) is 0 Å². The van der Waals surface area contributed by atoms with E-state index < -0.39 is 11.2 Å². The Labute approximate surface area is 229 Å². The van der Waals surface area contributed by atoms with Crippen LogP contribution < -0.4 is 10.2 Å². The number of nitrogens with zero attached hydrogens (tertiary/aromatic N) is 2. The Morgan fingerprint density at radius 2 is 1.68 bits per heavy atom. The molecule has 2 amide bonds. The first-order valence-corrected chi connectivity index (χ1v) is 13.9. The first-order chi connectivity index (χ1) is 18.4. The molecule has 1 fully saturated rings. The van der Waals surface area contributed by atoms with Gasteiger partial charge < -0.3 is 5.32 Å². The van der Waals surface area contributed by atoms with Crippen LogP contribution in [0.1, 0.15) is 47.6 Å². The van der Waals surface area contributed by atoms with Crippen molar-refractivity contribution >= 4 is 29.3 Å². The van der Waals surface area contributed by atoms with E-state index in [1.807, 2.05) is 62.4 Å². The lowest BCUT2D eigenvalue weighted by Crippen LogP contribution is -2.32. The Balaban J connectivity index is 1.64. The van der Waals surface area contributed by atoms with Crippen molar-refractivity contribution in [1.82, 2.24) is 5.32 Å². The summed E-state index contributed by atoms with van der Waals surface area (Å²) in [5.41, 5.74) is 6.06. The summed E-state index contributed by atoms with van der Waals surface area (Å²) in [6, 6.07) is 25.8. The first kappa shape index (κ1) is 27.2. The Morgan fingerprint density at radius 1 is 0.974 bits per heavy atom. The molecule has 1 aliphatic rings. The highest BCUT2D eigenvalue weighted by Gasteiger charge is 2.40. The van der Waals surface area contributed by atoms with Crippen molar-refractivity contribution in [3.8, 4) is 6.07 Å². The zero-order valence-corrected chi connectivity index (χ0v) is 23.0. The normalized spacial score (nSPS) is 16.3. The summed E-state index contributed by atoms with van der Waals surface area (Å²) in [6.45, 7) is 6.49. The molecule has 194 valence electrons. The summed E-state index contributed by atoms with van der Waals surface area (Å²) in [7, 11) is 0. The molecule has 0 bridgehead atoms. The van der Waals surface area contributed by atoms with E-state index in [1.165, 1.54) is 17.3 Å². The first-order valence-electron chi connectivity index (χ1n) is 13.0. The zero-order valence-electron chi connectivity index (χ0n) is 22.2. The average Bonchev–Trinajstić information content (AvgIpc) is 3.24. The Kier molecular flexibility index (Phi) is 9.04. The fourth-order valence-corrected chi connectivity index (χ4v) is 5.70. The van der Waals surface area contributed by atoms with Crippen LogP contribution in [-0.4, -0.2) is 17.1 Å². The molecule has 1 aliphatic heterocycles. The third-order valence-electron chi connectivity index (χ3n) is 6.81.